The second-order valence-electron chi connectivity index (χ2n) is 3.83. The first-order valence-corrected chi connectivity index (χ1v) is 9.50. The van der Waals surface area contributed by atoms with Crippen molar-refractivity contribution >= 4 is 49.3 Å². The van der Waals surface area contributed by atoms with Gasteiger partial charge in [-0.15, -0.1) is 11.6 Å². The van der Waals surface area contributed by atoms with E-state index in [0.717, 1.165) is 4.31 Å². The molecule has 19 heavy (non-hydrogen) atoms. The maximum absolute atomic E-state index is 14.1. The fourth-order valence-electron chi connectivity index (χ4n) is 1.41. The van der Waals surface area contributed by atoms with Crippen LogP contribution in [0.5, 0.6) is 0 Å². The van der Waals surface area contributed by atoms with E-state index in [2.05, 4.69) is 15.9 Å². The van der Waals surface area contributed by atoms with Crippen LogP contribution < -0.4 is 0 Å². The molecule has 0 aliphatic carbocycles. The zero-order valence-corrected chi connectivity index (χ0v) is 14.5. The number of rotatable bonds is 6. The standard InChI is InChI=1S/C11H14BrClFNO2S2/c1-15(3-4-18-2)19(16,17)10-6-9(12)5-8(7-13)11(10)14/h5-6H,3-4,7H2,1-2H3. The molecule has 0 heterocycles. The van der Waals surface area contributed by atoms with Gasteiger partial charge in [0.05, 0.1) is 5.88 Å². The summed E-state index contributed by atoms with van der Waals surface area (Å²) in [6.07, 6.45) is 1.88. The maximum Gasteiger partial charge on any atom is 0.245 e. The molecule has 0 spiro atoms. The Morgan fingerprint density at radius 2 is 2.11 bits per heavy atom. The Balaban J connectivity index is 3.25. The van der Waals surface area contributed by atoms with Gasteiger partial charge in [0.2, 0.25) is 10.0 Å². The van der Waals surface area contributed by atoms with Crippen LogP contribution >= 0.6 is 39.3 Å². The summed E-state index contributed by atoms with van der Waals surface area (Å²) in [6, 6.07) is 2.74. The van der Waals surface area contributed by atoms with Crippen molar-refractivity contribution in [2.75, 3.05) is 25.6 Å². The summed E-state index contributed by atoms with van der Waals surface area (Å²) in [5.41, 5.74) is 0.160. The average molecular weight is 391 g/mol. The predicted molar refractivity (Wildman–Crippen MR) is 81.9 cm³/mol. The molecule has 1 aromatic carbocycles. The van der Waals surface area contributed by atoms with Crippen molar-refractivity contribution < 1.29 is 12.8 Å². The maximum atomic E-state index is 14.1. The minimum absolute atomic E-state index is 0.0810. The number of alkyl halides is 1. The highest BCUT2D eigenvalue weighted by Crippen LogP contribution is 2.27. The molecule has 108 valence electrons. The summed E-state index contributed by atoms with van der Waals surface area (Å²) >= 11 is 10.3. The first kappa shape index (κ1) is 17.2. The number of nitrogens with zero attached hydrogens (tertiary/aromatic N) is 1. The van der Waals surface area contributed by atoms with Crippen molar-refractivity contribution in [3.63, 3.8) is 0 Å². The molecule has 0 aromatic heterocycles. The lowest BCUT2D eigenvalue weighted by molar-refractivity contribution is 0.479. The van der Waals surface area contributed by atoms with Crippen molar-refractivity contribution in [3.8, 4) is 0 Å². The molecule has 0 unspecified atom stereocenters. The number of thioether (sulfide) groups is 1. The van der Waals surface area contributed by atoms with Crippen LogP contribution in [0.25, 0.3) is 0 Å². The zero-order valence-electron chi connectivity index (χ0n) is 10.5. The Hall–Kier alpha value is 0.180. The normalized spacial score (nSPS) is 12.1. The van der Waals surface area contributed by atoms with Gasteiger partial charge in [-0.2, -0.15) is 11.8 Å². The predicted octanol–water partition coefficient (Wildman–Crippen LogP) is 3.31. The largest absolute Gasteiger partial charge is 0.245 e. The fourth-order valence-corrected chi connectivity index (χ4v) is 4.14. The summed E-state index contributed by atoms with van der Waals surface area (Å²) in [5.74, 6) is -0.218. The van der Waals surface area contributed by atoms with Gasteiger partial charge in [0.25, 0.3) is 0 Å². The van der Waals surface area contributed by atoms with Crippen molar-refractivity contribution in [1.29, 1.82) is 0 Å². The van der Waals surface area contributed by atoms with Crippen LogP contribution in [0, 0.1) is 5.82 Å². The molecule has 0 saturated heterocycles. The van der Waals surface area contributed by atoms with Crippen molar-refractivity contribution in [3.05, 3.63) is 28.0 Å². The van der Waals surface area contributed by atoms with Gasteiger partial charge in [0.15, 0.2) is 0 Å². The van der Waals surface area contributed by atoms with Crippen LogP contribution in [-0.2, 0) is 15.9 Å². The highest BCUT2D eigenvalue weighted by Gasteiger charge is 2.26. The van der Waals surface area contributed by atoms with Gasteiger partial charge in [-0.25, -0.2) is 17.1 Å². The molecule has 0 aliphatic heterocycles. The van der Waals surface area contributed by atoms with Crippen molar-refractivity contribution in [2.24, 2.45) is 0 Å². The molecule has 0 radical (unpaired) electrons. The Morgan fingerprint density at radius 1 is 1.47 bits per heavy atom. The number of benzene rings is 1. The van der Waals surface area contributed by atoms with Gasteiger partial charge in [0.1, 0.15) is 10.7 Å². The number of halogens is 3. The van der Waals surface area contributed by atoms with Gasteiger partial charge in [-0.1, -0.05) is 15.9 Å². The zero-order chi connectivity index (χ0) is 14.6. The van der Waals surface area contributed by atoms with Gasteiger partial charge < -0.3 is 0 Å². The second-order valence-corrected chi connectivity index (χ2v) is 8.01. The van der Waals surface area contributed by atoms with Crippen LogP contribution in [0.1, 0.15) is 5.56 Å². The number of hydrogen-bond donors (Lipinski definition) is 0. The van der Waals surface area contributed by atoms with Gasteiger partial charge in [-0.3, -0.25) is 0 Å². The lowest BCUT2D eigenvalue weighted by Crippen LogP contribution is -2.30. The van der Waals surface area contributed by atoms with E-state index in [1.165, 1.54) is 30.9 Å². The molecule has 0 saturated carbocycles. The van der Waals surface area contributed by atoms with E-state index in [1.54, 1.807) is 0 Å². The molecular formula is C11H14BrClFNO2S2. The van der Waals surface area contributed by atoms with Crippen LogP contribution in [0.2, 0.25) is 0 Å². The van der Waals surface area contributed by atoms with Crippen LogP contribution in [0.15, 0.2) is 21.5 Å². The molecule has 1 rings (SSSR count). The molecule has 0 atom stereocenters. The molecule has 1 aromatic rings. The van der Waals surface area contributed by atoms with Crippen LogP contribution in [0.4, 0.5) is 4.39 Å². The highest BCUT2D eigenvalue weighted by molar-refractivity contribution is 9.10. The topological polar surface area (TPSA) is 37.4 Å². The average Bonchev–Trinajstić information content (AvgIpc) is 2.37. The first-order chi connectivity index (χ1) is 8.84. The molecule has 0 aliphatic rings. The molecule has 0 amide bonds. The lowest BCUT2D eigenvalue weighted by Gasteiger charge is -2.18. The monoisotopic (exact) mass is 389 g/mol. The SMILES string of the molecule is CSCCN(C)S(=O)(=O)c1cc(Br)cc(CCl)c1F. The van der Waals surface area contributed by atoms with E-state index in [4.69, 9.17) is 11.6 Å². The Labute approximate surface area is 130 Å². The minimum atomic E-state index is -3.84. The third-order valence-corrected chi connectivity index (χ3v) is 5.71. The van der Waals surface area contributed by atoms with Crippen LogP contribution in [-0.4, -0.2) is 38.3 Å². The number of sulfonamides is 1. The van der Waals surface area contributed by atoms with Crippen molar-refractivity contribution in [2.45, 2.75) is 10.8 Å². The van der Waals surface area contributed by atoms with E-state index in [9.17, 15) is 12.8 Å². The summed E-state index contributed by atoms with van der Waals surface area (Å²) in [4.78, 5) is -0.346. The minimum Gasteiger partial charge on any atom is -0.207 e. The molecule has 0 bridgehead atoms. The fraction of sp³-hybridized carbons (Fsp3) is 0.455. The van der Waals surface area contributed by atoms with Gasteiger partial charge in [-0.05, 0) is 18.4 Å². The first-order valence-electron chi connectivity index (χ1n) is 5.33. The summed E-state index contributed by atoms with van der Waals surface area (Å²) in [5, 5.41) is 0. The van der Waals surface area contributed by atoms with E-state index in [0.29, 0.717) is 16.8 Å². The van der Waals surface area contributed by atoms with Crippen molar-refractivity contribution in [1.82, 2.24) is 4.31 Å². The molecular weight excluding hydrogens is 377 g/mol. The summed E-state index contributed by atoms with van der Waals surface area (Å²) < 4.78 is 40.3. The van der Waals surface area contributed by atoms with Crippen LogP contribution in [0.3, 0.4) is 0 Å². The van der Waals surface area contributed by atoms with E-state index in [1.807, 2.05) is 6.26 Å². The molecule has 8 heteroatoms. The lowest BCUT2D eigenvalue weighted by atomic mass is 10.2. The van der Waals surface area contributed by atoms with E-state index < -0.39 is 15.8 Å². The third kappa shape index (κ3) is 4.07. The molecule has 3 nitrogen and oxygen atoms in total. The molecule has 0 N–H and O–H groups in total. The van der Waals surface area contributed by atoms with Gasteiger partial charge >= 0.3 is 0 Å². The second kappa shape index (κ2) is 7.26. The summed E-state index contributed by atoms with van der Waals surface area (Å²) in [7, 11) is -2.40. The molecule has 0 fully saturated rings. The Morgan fingerprint density at radius 3 is 2.63 bits per heavy atom. The number of hydrogen-bond acceptors (Lipinski definition) is 3. The highest BCUT2D eigenvalue weighted by atomic mass is 79.9. The Kier molecular flexibility index (Phi) is 6.59. The Bertz CT molecular complexity index is 554. The van der Waals surface area contributed by atoms with E-state index in [-0.39, 0.29) is 16.3 Å². The third-order valence-electron chi connectivity index (χ3n) is 2.52. The quantitative estimate of drug-likeness (QED) is 0.699. The smallest absolute Gasteiger partial charge is 0.207 e. The summed E-state index contributed by atoms with van der Waals surface area (Å²) in [6.45, 7) is 0.325. The van der Waals surface area contributed by atoms with Gasteiger partial charge in [0, 0.05) is 29.4 Å². The van der Waals surface area contributed by atoms with E-state index >= 15 is 0 Å².